The Labute approximate surface area is 106 Å². The minimum atomic E-state index is 0.720. The van der Waals surface area contributed by atoms with Gasteiger partial charge < -0.3 is 10.6 Å². The third-order valence-corrected chi connectivity index (χ3v) is 4.05. The van der Waals surface area contributed by atoms with Gasteiger partial charge in [-0.05, 0) is 18.9 Å². The van der Waals surface area contributed by atoms with Crippen LogP contribution in [0.3, 0.4) is 0 Å². The summed E-state index contributed by atoms with van der Waals surface area (Å²) >= 11 is 0. The molecule has 2 aliphatic rings. The van der Waals surface area contributed by atoms with Gasteiger partial charge >= 0.3 is 0 Å². The number of hydrogen-bond donors (Lipinski definition) is 1. The van der Waals surface area contributed by atoms with E-state index in [1.54, 1.807) is 0 Å². The molecule has 1 unspecified atom stereocenters. The molecule has 1 atom stereocenters. The summed E-state index contributed by atoms with van der Waals surface area (Å²) in [7, 11) is 0. The van der Waals surface area contributed by atoms with E-state index in [9.17, 15) is 0 Å². The molecule has 0 amide bonds. The van der Waals surface area contributed by atoms with Crippen LogP contribution in [0.15, 0.2) is 0 Å². The number of hydrogen-bond acceptors (Lipinski definition) is 4. The second-order valence-corrected chi connectivity index (χ2v) is 5.93. The Balaban J connectivity index is 1.73. The first kappa shape index (κ1) is 13.3. The molecule has 100 valence electrons. The lowest BCUT2D eigenvalue weighted by molar-refractivity contribution is 0.0986. The summed E-state index contributed by atoms with van der Waals surface area (Å²) in [5, 5.41) is 0. The van der Waals surface area contributed by atoms with Crippen LogP contribution in [0.1, 0.15) is 20.3 Å². The van der Waals surface area contributed by atoms with Crippen LogP contribution in [0, 0.1) is 5.92 Å². The molecule has 0 aromatic rings. The normalized spacial score (nSPS) is 29.3. The predicted molar refractivity (Wildman–Crippen MR) is 71.9 cm³/mol. The highest BCUT2D eigenvalue weighted by molar-refractivity contribution is 4.86. The molecule has 0 spiro atoms. The minimum absolute atomic E-state index is 0.720. The van der Waals surface area contributed by atoms with Crippen molar-refractivity contribution in [3.63, 3.8) is 0 Å². The van der Waals surface area contributed by atoms with Crippen LogP contribution in [-0.2, 0) is 0 Å². The van der Waals surface area contributed by atoms with E-state index >= 15 is 0 Å². The average molecular weight is 240 g/mol. The fourth-order valence-electron chi connectivity index (χ4n) is 3.10. The van der Waals surface area contributed by atoms with E-state index in [1.807, 2.05) is 0 Å². The van der Waals surface area contributed by atoms with E-state index in [4.69, 9.17) is 5.73 Å². The van der Waals surface area contributed by atoms with Gasteiger partial charge in [0.2, 0.25) is 0 Å². The van der Waals surface area contributed by atoms with Crippen LogP contribution >= 0.6 is 0 Å². The third-order valence-electron chi connectivity index (χ3n) is 4.05. The van der Waals surface area contributed by atoms with Gasteiger partial charge in [-0.15, -0.1) is 0 Å². The number of rotatable bonds is 4. The van der Waals surface area contributed by atoms with Crippen molar-refractivity contribution in [2.45, 2.75) is 26.3 Å². The smallest absolute Gasteiger partial charge is 0.0456 e. The van der Waals surface area contributed by atoms with E-state index in [2.05, 4.69) is 28.5 Å². The SMILES string of the molecule is CC(C)CN1CCC(N2CCN(CN)CC2)C1. The highest BCUT2D eigenvalue weighted by Crippen LogP contribution is 2.18. The summed E-state index contributed by atoms with van der Waals surface area (Å²) in [6.45, 7) is 13.9. The number of nitrogens with two attached hydrogens (primary N) is 1. The summed E-state index contributed by atoms with van der Waals surface area (Å²) in [5.74, 6) is 0.794. The summed E-state index contributed by atoms with van der Waals surface area (Å²) in [6, 6.07) is 0.800. The quantitative estimate of drug-likeness (QED) is 0.764. The number of likely N-dealkylation sites (tertiary alicyclic amines) is 1. The van der Waals surface area contributed by atoms with Crippen molar-refractivity contribution in [2.75, 3.05) is 52.5 Å². The monoisotopic (exact) mass is 240 g/mol. The van der Waals surface area contributed by atoms with Crippen molar-refractivity contribution < 1.29 is 0 Å². The van der Waals surface area contributed by atoms with Crippen LogP contribution in [0.25, 0.3) is 0 Å². The number of piperazine rings is 1. The van der Waals surface area contributed by atoms with E-state index in [1.165, 1.54) is 39.1 Å². The molecule has 2 N–H and O–H groups in total. The van der Waals surface area contributed by atoms with Crippen molar-refractivity contribution in [3.05, 3.63) is 0 Å². The van der Waals surface area contributed by atoms with Gasteiger partial charge in [0, 0.05) is 52.0 Å². The lowest BCUT2D eigenvalue weighted by Gasteiger charge is -2.37. The molecule has 0 aromatic carbocycles. The predicted octanol–water partition coefficient (Wildman–Crippen LogP) is 0.251. The fourth-order valence-corrected chi connectivity index (χ4v) is 3.10. The van der Waals surface area contributed by atoms with Crippen LogP contribution in [0.5, 0.6) is 0 Å². The fraction of sp³-hybridized carbons (Fsp3) is 1.00. The van der Waals surface area contributed by atoms with Crippen molar-refractivity contribution in [1.29, 1.82) is 0 Å². The largest absolute Gasteiger partial charge is 0.318 e. The molecule has 17 heavy (non-hydrogen) atoms. The molecular formula is C13H28N4. The molecule has 2 rings (SSSR count). The molecule has 4 heteroatoms. The lowest BCUT2D eigenvalue weighted by atomic mass is 10.2. The zero-order valence-corrected chi connectivity index (χ0v) is 11.4. The minimum Gasteiger partial charge on any atom is -0.318 e. The Morgan fingerprint density at radius 1 is 1.06 bits per heavy atom. The topological polar surface area (TPSA) is 35.7 Å². The van der Waals surface area contributed by atoms with Gasteiger partial charge in [0.1, 0.15) is 0 Å². The first-order chi connectivity index (χ1) is 8.19. The second-order valence-electron chi connectivity index (χ2n) is 5.93. The van der Waals surface area contributed by atoms with E-state index < -0.39 is 0 Å². The summed E-state index contributed by atoms with van der Waals surface area (Å²) < 4.78 is 0. The number of nitrogens with zero attached hydrogens (tertiary/aromatic N) is 3. The molecule has 2 heterocycles. The first-order valence-corrected chi connectivity index (χ1v) is 7.08. The maximum Gasteiger partial charge on any atom is 0.0456 e. The molecule has 2 fully saturated rings. The van der Waals surface area contributed by atoms with Crippen molar-refractivity contribution in [1.82, 2.24) is 14.7 Å². The zero-order valence-electron chi connectivity index (χ0n) is 11.4. The Morgan fingerprint density at radius 2 is 1.76 bits per heavy atom. The summed E-state index contributed by atoms with van der Waals surface area (Å²) in [5.41, 5.74) is 5.68. The van der Waals surface area contributed by atoms with Gasteiger partial charge in [-0.25, -0.2) is 0 Å². The molecule has 0 bridgehead atoms. The second kappa shape index (κ2) is 6.14. The van der Waals surface area contributed by atoms with Gasteiger partial charge in [-0.2, -0.15) is 0 Å². The van der Waals surface area contributed by atoms with Gasteiger partial charge in [-0.3, -0.25) is 9.80 Å². The van der Waals surface area contributed by atoms with E-state index in [0.29, 0.717) is 0 Å². The van der Waals surface area contributed by atoms with Gasteiger partial charge in [0.05, 0.1) is 0 Å². The molecule has 0 aliphatic carbocycles. The Bertz CT molecular complexity index is 223. The van der Waals surface area contributed by atoms with Crippen LogP contribution in [-0.4, -0.2) is 73.2 Å². The maximum absolute atomic E-state index is 5.68. The van der Waals surface area contributed by atoms with Crippen molar-refractivity contribution >= 4 is 0 Å². The molecule has 0 saturated carbocycles. The van der Waals surface area contributed by atoms with Gasteiger partial charge in [-0.1, -0.05) is 13.8 Å². The zero-order chi connectivity index (χ0) is 12.3. The van der Waals surface area contributed by atoms with E-state index in [-0.39, 0.29) is 0 Å². The maximum atomic E-state index is 5.68. The molecular weight excluding hydrogens is 212 g/mol. The molecule has 0 radical (unpaired) electrons. The summed E-state index contributed by atoms with van der Waals surface area (Å²) in [4.78, 5) is 7.65. The van der Waals surface area contributed by atoms with Crippen LogP contribution in [0.4, 0.5) is 0 Å². The Morgan fingerprint density at radius 3 is 2.35 bits per heavy atom. The first-order valence-electron chi connectivity index (χ1n) is 7.08. The molecule has 2 aliphatic heterocycles. The van der Waals surface area contributed by atoms with Crippen molar-refractivity contribution in [3.8, 4) is 0 Å². The van der Waals surface area contributed by atoms with Crippen LogP contribution < -0.4 is 5.73 Å². The standard InChI is InChI=1S/C13H28N4/c1-12(2)9-16-4-3-13(10-16)17-7-5-15(11-14)6-8-17/h12-13H,3-11,14H2,1-2H3. The Kier molecular flexibility index (Phi) is 4.79. The van der Waals surface area contributed by atoms with E-state index in [0.717, 1.165) is 31.7 Å². The molecule has 2 saturated heterocycles. The summed E-state index contributed by atoms with van der Waals surface area (Å²) in [6.07, 6.45) is 1.36. The third kappa shape index (κ3) is 3.65. The molecule has 0 aromatic heterocycles. The lowest BCUT2D eigenvalue weighted by Crippen LogP contribution is -2.52. The van der Waals surface area contributed by atoms with Gasteiger partial charge in [0.25, 0.3) is 0 Å². The highest BCUT2D eigenvalue weighted by atomic mass is 15.3. The van der Waals surface area contributed by atoms with Gasteiger partial charge in [0.15, 0.2) is 0 Å². The Hall–Kier alpha value is -0.160. The molecule has 4 nitrogen and oxygen atoms in total. The average Bonchev–Trinajstić information content (AvgIpc) is 2.77. The highest BCUT2D eigenvalue weighted by Gasteiger charge is 2.29. The van der Waals surface area contributed by atoms with Crippen LogP contribution in [0.2, 0.25) is 0 Å². The van der Waals surface area contributed by atoms with Crippen molar-refractivity contribution in [2.24, 2.45) is 11.7 Å².